The Balaban J connectivity index is 2.15. The highest BCUT2D eigenvalue weighted by atomic mass is 35.5. The van der Waals surface area contributed by atoms with E-state index in [4.69, 9.17) is 11.6 Å². The highest BCUT2D eigenvalue weighted by Crippen LogP contribution is 2.61. The normalized spacial score (nSPS) is 35.1. The van der Waals surface area contributed by atoms with E-state index in [0.717, 1.165) is 10.9 Å². The lowest BCUT2D eigenvalue weighted by Crippen LogP contribution is -2.02. The molecule has 2 aliphatic rings. The van der Waals surface area contributed by atoms with Gasteiger partial charge in [-0.25, -0.2) is 0 Å². The molecule has 1 heteroatoms. The van der Waals surface area contributed by atoms with Gasteiger partial charge in [0.05, 0.1) is 0 Å². The second-order valence-corrected chi connectivity index (χ2v) is 5.00. The van der Waals surface area contributed by atoms with Crippen molar-refractivity contribution in [2.45, 2.75) is 31.6 Å². The molecule has 3 rings (SSSR count). The van der Waals surface area contributed by atoms with E-state index in [1.807, 2.05) is 6.07 Å². The van der Waals surface area contributed by atoms with Gasteiger partial charge in [-0.05, 0) is 53.9 Å². The van der Waals surface area contributed by atoms with Gasteiger partial charge >= 0.3 is 0 Å². The summed E-state index contributed by atoms with van der Waals surface area (Å²) < 4.78 is 0. The number of fused-ring (bicyclic) bond motifs is 2. The molecule has 0 aliphatic heterocycles. The summed E-state index contributed by atoms with van der Waals surface area (Å²) >= 11 is 6.03. The number of rotatable bonds is 0. The van der Waals surface area contributed by atoms with E-state index >= 15 is 0 Å². The third kappa shape index (κ3) is 0.927. The first kappa shape index (κ1) is 7.87. The van der Waals surface area contributed by atoms with Gasteiger partial charge in [0.2, 0.25) is 0 Å². The van der Waals surface area contributed by atoms with E-state index in [-0.39, 0.29) is 0 Å². The molecule has 0 nitrogen and oxygen atoms in total. The minimum absolute atomic E-state index is 0.542. The van der Waals surface area contributed by atoms with Gasteiger partial charge in [0.25, 0.3) is 0 Å². The van der Waals surface area contributed by atoms with Crippen LogP contribution in [0, 0.1) is 5.92 Å². The summed E-state index contributed by atoms with van der Waals surface area (Å²) in [5, 5.41) is 0.902. The smallest absolute Gasteiger partial charge is 0.0409 e. The number of benzene rings is 1. The number of aryl methyl sites for hydroxylation is 1. The Kier molecular flexibility index (Phi) is 1.39. The van der Waals surface area contributed by atoms with Gasteiger partial charge in [-0.1, -0.05) is 24.6 Å². The average molecular weight is 193 g/mol. The lowest BCUT2D eigenvalue weighted by Gasteiger charge is -2.09. The van der Waals surface area contributed by atoms with Crippen molar-refractivity contribution in [3.8, 4) is 0 Å². The molecule has 0 aromatic heterocycles. The van der Waals surface area contributed by atoms with Crippen molar-refractivity contribution in [3.05, 3.63) is 34.3 Å². The fourth-order valence-electron chi connectivity index (χ4n) is 2.93. The number of hydrogen-bond donors (Lipinski definition) is 0. The van der Waals surface area contributed by atoms with Crippen LogP contribution >= 0.6 is 11.6 Å². The van der Waals surface area contributed by atoms with Crippen LogP contribution in [0.15, 0.2) is 18.2 Å². The van der Waals surface area contributed by atoms with Gasteiger partial charge in [-0.15, -0.1) is 0 Å². The molecule has 0 radical (unpaired) electrons. The van der Waals surface area contributed by atoms with E-state index in [0.29, 0.717) is 5.41 Å². The van der Waals surface area contributed by atoms with Crippen LogP contribution in [0.2, 0.25) is 5.02 Å². The monoisotopic (exact) mass is 192 g/mol. The molecule has 0 bridgehead atoms. The van der Waals surface area contributed by atoms with Crippen molar-refractivity contribution in [3.63, 3.8) is 0 Å². The van der Waals surface area contributed by atoms with Crippen LogP contribution in [0.3, 0.4) is 0 Å². The summed E-state index contributed by atoms with van der Waals surface area (Å²) in [4.78, 5) is 0. The molecule has 2 unspecified atom stereocenters. The van der Waals surface area contributed by atoms with Crippen LogP contribution in [0.4, 0.5) is 0 Å². The van der Waals surface area contributed by atoms with Crippen molar-refractivity contribution >= 4 is 11.6 Å². The molecule has 0 amide bonds. The first-order valence-corrected chi connectivity index (χ1v) is 5.39. The van der Waals surface area contributed by atoms with E-state index in [1.165, 1.54) is 24.8 Å². The third-order valence-corrected chi connectivity index (χ3v) is 4.14. The van der Waals surface area contributed by atoms with Crippen LogP contribution in [0.5, 0.6) is 0 Å². The Bertz CT molecular complexity index is 369. The molecule has 1 aromatic rings. The van der Waals surface area contributed by atoms with Crippen molar-refractivity contribution < 1.29 is 0 Å². The summed E-state index contributed by atoms with van der Waals surface area (Å²) in [6, 6.07) is 6.41. The molecule has 0 heterocycles. The van der Waals surface area contributed by atoms with E-state index < -0.39 is 0 Å². The summed E-state index contributed by atoms with van der Waals surface area (Å²) in [5.74, 6) is 0.882. The van der Waals surface area contributed by atoms with Crippen molar-refractivity contribution in [1.82, 2.24) is 0 Å². The van der Waals surface area contributed by atoms with Gasteiger partial charge in [0.15, 0.2) is 0 Å². The van der Waals surface area contributed by atoms with Gasteiger partial charge in [0.1, 0.15) is 0 Å². The highest BCUT2D eigenvalue weighted by molar-refractivity contribution is 6.30. The predicted molar refractivity (Wildman–Crippen MR) is 55.2 cm³/mol. The maximum Gasteiger partial charge on any atom is 0.0409 e. The van der Waals surface area contributed by atoms with Gasteiger partial charge in [0, 0.05) is 5.02 Å². The Labute approximate surface area is 83.9 Å². The molecule has 0 N–H and O–H groups in total. The van der Waals surface area contributed by atoms with Crippen LogP contribution in [0.25, 0.3) is 0 Å². The predicted octanol–water partition coefficient (Wildman–Crippen LogP) is 3.56. The largest absolute Gasteiger partial charge is 0.0843 e. The highest BCUT2D eigenvalue weighted by Gasteiger charge is 2.55. The van der Waals surface area contributed by atoms with Gasteiger partial charge in [-0.3, -0.25) is 0 Å². The van der Waals surface area contributed by atoms with E-state index in [2.05, 4.69) is 19.1 Å². The minimum atomic E-state index is 0.542. The van der Waals surface area contributed by atoms with Crippen LogP contribution < -0.4 is 0 Å². The maximum atomic E-state index is 6.03. The zero-order valence-corrected chi connectivity index (χ0v) is 8.56. The number of hydrogen-bond acceptors (Lipinski definition) is 0. The van der Waals surface area contributed by atoms with Crippen molar-refractivity contribution in [1.29, 1.82) is 0 Å². The van der Waals surface area contributed by atoms with Crippen molar-refractivity contribution in [2.24, 2.45) is 5.92 Å². The Morgan fingerprint density at radius 2 is 2.23 bits per heavy atom. The SMILES string of the molecule is CC1CC12CCc1ccc(Cl)cc12. The molecular weight excluding hydrogens is 180 g/mol. The summed E-state index contributed by atoms with van der Waals surface area (Å²) in [6.07, 6.45) is 3.99. The first-order valence-electron chi connectivity index (χ1n) is 5.01. The van der Waals surface area contributed by atoms with Crippen LogP contribution in [-0.4, -0.2) is 0 Å². The molecule has 0 saturated heterocycles. The summed E-state index contributed by atoms with van der Waals surface area (Å²) in [5.41, 5.74) is 3.63. The zero-order valence-electron chi connectivity index (χ0n) is 7.81. The molecule has 13 heavy (non-hydrogen) atoms. The topological polar surface area (TPSA) is 0 Å². The molecule has 2 aliphatic carbocycles. The van der Waals surface area contributed by atoms with Gasteiger partial charge < -0.3 is 0 Å². The molecular formula is C12H13Cl. The molecule has 68 valence electrons. The number of halogens is 1. The molecule has 2 atom stereocenters. The minimum Gasteiger partial charge on any atom is -0.0843 e. The quantitative estimate of drug-likeness (QED) is 0.590. The standard InChI is InChI=1S/C12H13Cl/c1-8-7-12(8)5-4-9-2-3-10(13)6-11(9)12/h2-3,6,8H,4-5,7H2,1H3. The lowest BCUT2D eigenvalue weighted by atomic mass is 9.96. The average Bonchev–Trinajstić information content (AvgIpc) is 2.61. The fourth-order valence-corrected chi connectivity index (χ4v) is 3.11. The first-order chi connectivity index (χ1) is 6.22. The summed E-state index contributed by atoms with van der Waals surface area (Å²) in [7, 11) is 0. The van der Waals surface area contributed by atoms with Crippen LogP contribution in [0.1, 0.15) is 30.9 Å². The Morgan fingerprint density at radius 1 is 1.46 bits per heavy atom. The van der Waals surface area contributed by atoms with Crippen LogP contribution in [-0.2, 0) is 11.8 Å². The second kappa shape index (κ2) is 2.30. The zero-order chi connectivity index (χ0) is 9.05. The van der Waals surface area contributed by atoms with E-state index in [9.17, 15) is 0 Å². The molecule has 1 spiro atoms. The molecule has 1 fully saturated rings. The molecule has 1 saturated carbocycles. The maximum absolute atomic E-state index is 6.03. The second-order valence-electron chi connectivity index (χ2n) is 4.56. The molecule has 1 aromatic carbocycles. The van der Waals surface area contributed by atoms with Gasteiger partial charge in [-0.2, -0.15) is 0 Å². The summed E-state index contributed by atoms with van der Waals surface area (Å²) in [6.45, 7) is 2.36. The van der Waals surface area contributed by atoms with E-state index in [1.54, 1.807) is 5.56 Å². The Hall–Kier alpha value is -0.490. The lowest BCUT2D eigenvalue weighted by molar-refractivity contribution is 0.623. The Morgan fingerprint density at radius 3 is 2.92 bits per heavy atom. The van der Waals surface area contributed by atoms with Crippen molar-refractivity contribution in [2.75, 3.05) is 0 Å². The fraction of sp³-hybridized carbons (Fsp3) is 0.500. The third-order valence-electron chi connectivity index (χ3n) is 3.90.